The van der Waals surface area contributed by atoms with E-state index < -0.39 is 0 Å². The molecular formula is C13H9ClN4OS. The molecule has 0 fully saturated rings. The predicted octanol–water partition coefficient (Wildman–Crippen LogP) is 3.74. The molecule has 0 aliphatic heterocycles. The van der Waals surface area contributed by atoms with Crippen molar-refractivity contribution in [2.45, 2.75) is 0 Å². The maximum atomic E-state index is 6.17. The molecular weight excluding hydrogens is 296 g/mol. The zero-order valence-electron chi connectivity index (χ0n) is 10.2. The van der Waals surface area contributed by atoms with Gasteiger partial charge in [-0.25, -0.2) is 5.10 Å². The Hall–Kier alpha value is -2.18. The Labute approximate surface area is 124 Å². The third-order valence-electron chi connectivity index (χ3n) is 2.61. The highest BCUT2D eigenvalue weighted by molar-refractivity contribution is 7.71. The number of hydrogen-bond donors (Lipinski definition) is 1. The molecule has 0 saturated carbocycles. The number of aromatic nitrogens is 3. The first-order chi connectivity index (χ1) is 9.75. The van der Waals surface area contributed by atoms with Crippen LogP contribution in [0.3, 0.4) is 0 Å². The lowest BCUT2D eigenvalue weighted by molar-refractivity contribution is 0.559. The molecule has 0 bridgehead atoms. The molecule has 1 N–H and O–H groups in total. The first-order valence-corrected chi connectivity index (χ1v) is 6.54. The van der Waals surface area contributed by atoms with Crippen molar-refractivity contribution in [3.63, 3.8) is 0 Å². The van der Waals surface area contributed by atoms with Crippen LogP contribution >= 0.6 is 23.8 Å². The highest BCUT2D eigenvalue weighted by Gasteiger charge is 2.11. The van der Waals surface area contributed by atoms with E-state index in [4.69, 9.17) is 28.2 Å². The molecule has 0 saturated heterocycles. The van der Waals surface area contributed by atoms with Crippen LogP contribution in [0.25, 0.3) is 11.4 Å². The quantitative estimate of drug-likeness (QED) is 0.592. The second kappa shape index (κ2) is 5.44. The van der Waals surface area contributed by atoms with Crippen LogP contribution in [0.4, 0.5) is 0 Å². The fourth-order valence-electron chi connectivity index (χ4n) is 1.70. The standard InChI is InChI=1S/C13H9ClN4OS/c14-11-6-2-1-5-10(11)12-16-17-13(20)18(12)15-8-9-4-3-7-19-9/h1-8H,(H,17,20). The molecule has 0 radical (unpaired) electrons. The number of rotatable bonds is 3. The zero-order chi connectivity index (χ0) is 13.9. The van der Waals surface area contributed by atoms with Gasteiger partial charge in [0, 0.05) is 5.56 Å². The summed E-state index contributed by atoms with van der Waals surface area (Å²) >= 11 is 11.3. The van der Waals surface area contributed by atoms with Gasteiger partial charge >= 0.3 is 0 Å². The van der Waals surface area contributed by atoms with E-state index in [2.05, 4.69) is 15.3 Å². The third-order valence-corrected chi connectivity index (χ3v) is 3.20. The van der Waals surface area contributed by atoms with Gasteiger partial charge in [-0.3, -0.25) is 0 Å². The van der Waals surface area contributed by atoms with Crippen molar-refractivity contribution in [1.29, 1.82) is 0 Å². The lowest BCUT2D eigenvalue weighted by Crippen LogP contribution is -1.95. The van der Waals surface area contributed by atoms with Gasteiger partial charge in [0.05, 0.1) is 17.5 Å². The van der Waals surface area contributed by atoms with Crippen LogP contribution in [0, 0.1) is 4.77 Å². The van der Waals surface area contributed by atoms with Gasteiger partial charge in [0.1, 0.15) is 5.76 Å². The van der Waals surface area contributed by atoms with Crippen molar-refractivity contribution in [3.05, 3.63) is 58.2 Å². The van der Waals surface area contributed by atoms with E-state index in [0.29, 0.717) is 21.4 Å². The van der Waals surface area contributed by atoms with E-state index in [1.807, 2.05) is 18.2 Å². The number of benzene rings is 1. The summed E-state index contributed by atoms with van der Waals surface area (Å²) in [6, 6.07) is 10.9. The molecule has 0 aliphatic rings. The second-order valence-corrected chi connectivity index (χ2v) is 4.70. The molecule has 0 atom stereocenters. The molecule has 1 aromatic carbocycles. The van der Waals surface area contributed by atoms with Crippen molar-refractivity contribution in [3.8, 4) is 11.4 Å². The maximum absolute atomic E-state index is 6.17. The Morgan fingerprint density at radius 1 is 1.30 bits per heavy atom. The molecule has 0 aliphatic carbocycles. The molecule has 7 heteroatoms. The van der Waals surface area contributed by atoms with Crippen LogP contribution in [0.5, 0.6) is 0 Å². The van der Waals surface area contributed by atoms with Gasteiger partial charge in [-0.2, -0.15) is 14.9 Å². The lowest BCUT2D eigenvalue weighted by atomic mass is 10.2. The van der Waals surface area contributed by atoms with Gasteiger partial charge in [-0.15, -0.1) is 0 Å². The highest BCUT2D eigenvalue weighted by atomic mass is 35.5. The van der Waals surface area contributed by atoms with Gasteiger partial charge in [-0.1, -0.05) is 23.7 Å². The smallest absolute Gasteiger partial charge is 0.216 e. The minimum Gasteiger partial charge on any atom is -0.463 e. The largest absolute Gasteiger partial charge is 0.463 e. The normalized spacial score (nSPS) is 11.2. The van der Waals surface area contributed by atoms with E-state index in [1.165, 1.54) is 4.68 Å². The van der Waals surface area contributed by atoms with Crippen LogP contribution in [0.15, 0.2) is 52.2 Å². The van der Waals surface area contributed by atoms with Crippen LogP contribution in [-0.2, 0) is 0 Å². The summed E-state index contributed by atoms with van der Waals surface area (Å²) in [5.74, 6) is 1.17. The van der Waals surface area contributed by atoms with Crippen molar-refractivity contribution in [2.75, 3.05) is 0 Å². The van der Waals surface area contributed by atoms with E-state index in [1.54, 1.807) is 30.7 Å². The predicted molar refractivity (Wildman–Crippen MR) is 79.6 cm³/mol. The van der Waals surface area contributed by atoms with Crippen molar-refractivity contribution in [2.24, 2.45) is 5.10 Å². The summed E-state index contributed by atoms with van der Waals surface area (Å²) in [6.45, 7) is 0. The van der Waals surface area contributed by atoms with Gasteiger partial charge in [-0.05, 0) is 36.5 Å². The monoisotopic (exact) mass is 304 g/mol. The molecule has 3 rings (SSSR count). The number of hydrogen-bond acceptors (Lipinski definition) is 4. The third kappa shape index (κ3) is 2.43. The molecule has 100 valence electrons. The number of nitrogens with one attached hydrogen (secondary N) is 1. The molecule has 2 aromatic heterocycles. The van der Waals surface area contributed by atoms with Gasteiger partial charge in [0.2, 0.25) is 4.77 Å². The van der Waals surface area contributed by atoms with E-state index >= 15 is 0 Å². The molecule has 2 heterocycles. The average molecular weight is 305 g/mol. The van der Waals surface area contributed by atoms with Crippen molar-refractivity contribution in [1.82, 2.24) is 14.9 Å². The summed E-state index contributed by atoms with van der Waals surface area (Å²) in [5.41, 5.74) is 0.748. The highest BCUT2D eigenvalue weighted by Crippen LogP contribution is 2.25. The molecule has 0 amide bonds. The lowest BCUT2D eigenvalue weighted by Gasteiger charge is -2.02. The van der Waals surface area contributed by atoms with Gasteiger partial charge < -0.3 is 4.42 Å². The van der Waals surface area contributed by atoms with E-state index in [-0.39, 0.29) is 0 Å². The van der Waals surface area contributed by atoms with Crippen molar-refractivity contribution >= 4 is 30.0 Å². The first kappa shape index (κ1) is 12.8. The Bertz CT molecular complexity index is 804. The zero-order valence-corrected chi connectivity index (χ0v) is 11.7. The minimum atomic E-state index is 0.378. The average Bonchev–Trinajstić information content (AvgIpc) is 3.07. The van der Waals surface area contributed by atoms with E-state index in [0.717, 1.165) is 5.56 Å². The fourth-order valence-corrected chi connectivity index (χ4v) is 2.09. The maximum Gasteiger partial charge on any atom is 0.216 e. The molecule has 0 unspecified atom stereocenters. The van der Waals surface area contributed by atoms with E-state index in [9.17, 15) is 0 Å². The minimum absolute atomic E-state index is 0.378. The summed E-state index contributed by atoms with van der Waals surface area (Å²) in [6.07, 6.45) is 3.14. The van der Waals surface area contributed by atoms with Gasteiger partial charge in [0.15, 0.2) is 5.82 Å². The number of halogens is 1. The molecule has 3 aromatic rings. The number of aromatic amines is 1. The van der Waals surface area contributed by atoms with Crippen LogP contribution in [-0.4, -0.2) is 21.1 Å². The van der Waals surface area contributed by atoms with Crippen LogP contribution in [0.2, 0.25) is 5.02 Å². The number of furan rings is 1. The SMILES string of the molecule is S=c1[nH]nc(-c2ccccc2Cl)n1N=Cc1ccco1. The fraction of sp³-hybridized carbons (Fsp3) is 0. The molecule has 20 heavy (non-hydrogen) atoms. The molecule has 0 spiro atoms. The number of H-pyrrole nitrogens is 1. The Balaban J connectivity index is 2.07. The Morgan fingerprint density at radius 2 is 2.15 bits per heavy atom. The summed E-state index contributed by atoms with van der Waals surface area (Å²) in [7, 11) is 0. The number of nitrogens with zero attached hydrogens (tertiary/aromatic N) is 3. The first-order valence-electron chi connectivity index (χ1n) is 5.76. The summed E-state index contributed by atoms with van der Waals surface area (Å²) in [5, 5.41) is 11.7. The van der Waals surface area contributed by atoms with Crippen LogP contribution in [0.1, 0.15) is 5.76 Å². The summed E-state index contributed by atoms with van der Waals surface area (Å²) in [4.78, 5) is 0. The topological polar surface area (TPSA) is 59.1 Å². The molecule has 5 nitrogen and oxygen atoms in total. The van der Waals surface area contributed by atoms with Gasteiger partial charge in [0.25, 0.3) is 0 Å². The Morgan fingerprint density at radius 3 is 2.90 bits per heavy atom. The summed E-state index contributed by atoms with van der Waals surface area (Å²) < 4.78 is 7.06. The second-order valence-electron chi connectivity index (χ2n) is 3.90. The Kier molecular flexibility index (Phi) is 3.49. The van der Waals surface area contributed by atoms with Crippen LogP contribution < -0.4 is 0 Å². The van der Waals surface area contributed by atoms with Crippen molar-refractivity contribution < 1.29 is 4.42 Å².